The fourth-order valence-corrected chi connectivity index (χ4v) is 2.85. The second-order valence-corrected chi connectivity index (χ2v) is 6.99. The zero-order valence-corrected chi connectivity index (χ0v) is 13.8. The van der Waals surface area contributed by atoms with Crippen molar-refractivity contribution < 1.29 is 4.79 Å². The molecule has 5 nitrogen and oxygen atoms in total. The molecule has 120 valence electrons. The third-order valence-corrected chi connectivity index (χ3v) is 4.33. The van der Waals surface area contributed by atoms with Crippen LogP contribution in [0.15, 0.2) is 30.6 Å². The van der Waals surface area contributed by atoms with Crippen LogP contribution in [0.25, 0.3) is 0 Å². The number of rotatable bonds is 1. The molecule has 23 heavy (non-hydrogen) atoms. The summed E-state index contributed by atoms with van der Waals surface area (Å²) in [7, 11) is 0. The Morgan fingerprint density at radius 3 is 2.52 bits per heavy atom. The summed E-state index contributed by atoms with van der Waals surface area (Å²) in [5, 5.41) is 0. The van der Waals surface area contributed by atoms with E-state index in [1.165, 1.54) is 11.9 Å². The first-order valence-corrected chi connectivity index (χ1v) is 7.84. The quantitative estimate of drug-likeness (QED) is 0.878. The molecule has 2 aromatic rings. The van der Waals surface area contributed by atoms with E-state index in [-0.39, 0.29) is 11.3 Å². The van der Waals surface area contributed by atoms with Gasteiger partial charge in [0.25, 0.3) is 5.91 Å². The fourth-order valence-electron chi connectivity index (χ4n) is 2.85. The van der Waals surface area contributed by atoms with Gasteiger partial charge < -0.3 is 10.6 Å². The van der Waals surface area contributed by atoms with Crippen LogP contribution < -0.4 is 5.73 Å². The molecule has 0 unspecified atom stereocenters. The van der Waals surface area contributed by atoms with E-state index in [0.717, 1.165) is 11.3 Å². The Kier molecular flexibility index (Phi) is 3.80. The van der Waals surface area contributed by atoms with E-state index in [1.807, 2.05) is 29.2 Å². The van der Waals surface area contributed by atoms with Gasteiger partial charge in [-0.2, -0.15) is 0 Å². The van der Waals surface area contributed by atoms with E-state index < -0.39 is 0 Å². The molecule has 0 bridgehead atoms. The highest BCUT2D eigenvalue weighted by Crippen LogP contribution is 2.24. The molecule has 0 saturated carbocycles. The molecule has 0 fully saturated rings. The topological polar surface area (TPSA) is 72.1 Å². The van der Waals surface area contributed by atoms with Crippen molar-refractivity contribution in [2.24, 2.45) is 0 Å². The predicted octanol–water partition coefficient (Wildman–Crippen LogP) is 2.55. The lowest BCUT2D eigenvalue weighted by Crippen LogP contribution is -2.37. The van der Waals surface area contributed by atoms with Gasteiger partial charge in [-0.1, -0.05) is 32.9 Å². The lowest BCUT2D eigenvalue weighted by atomic mass is 9.86. The Morgan fingerprint density at radius 2 is 1.87 bits per heavy atom. The van der Waals surface area contributed by atoms with Gasteiger partial charge in [0, 0.05) is 17.7 Å². The van der Waals surface area contributed by atoms with Crippen molar-refractivity contribution in [3.63, 3.8) is 0 Å². The standard InChI is InChI=1S/C18H22N4O/c1-18(2,3)13-6-4-12(5-7-13)17(23)22-9-8-14-15(10-22)20-11-21-16(14)19/h4-7,11H,8-10H2,1-3H3,(H2,19,20,21). The predicted molar refractivity (Wildman–Crippen MR) is 90.0 cm³/mol. The van der Waals surface area contributed by atoms with E-state index in [2.05, 4.69) is 30.7 Å². The molecule has 1 aromatic carbocycles. The van der Waals surface area contributed by atoms with Crippen LogP contribution in [0.4, 0.5) is 5.82 Å². The molecule has 1 aliphatic heterocycles. The Morgan fingerprint density at radius 1 is 1.17 bits per heavy atom. The normalized spacial score (nSPS) is 14.5. The summed E-state index contributed by atoms with van der Waals surface area (Å²) in [6.07, 6.45) is 2.16. The molecule has 2 heterocycles. The third kappa shape index (κ3) is 3.04. The van der Waals surface area contributed by atoms with Gasteiger partial charge in [-0.25, -0.2) is 9.97 Å². The molecule has 0 radical (unpaired) electrons. The Hall–Kier alpha value is -2.43. The number of fused-ring (bicyclic) bond motifs is 1. The number of nitrogens with zero attached hydrogens (tertiary/aromatic N) is 3. The van der Waals surface area contributed by atoms with Crippen LogP contribution in [-0.4, -0.2) is 27.3 Å². The van der Waals surface area contributed by atoms with Crippen LogP contribution in [0, 0.1) is 0 Å². The van der Waals surface area contributed by atoms with E-state index in [4.69, 9.17) is 5.73 Å². The molecular weight excluding hydrogens is 288 g/mol. The van der Waals surface area contributed by atoms with Crippen molar-refractivity contribution in [3.05, 3.63) is 53.0 Å². The summed E-state index contributed by atoms with van der Waals surface area (Å²) in [5.41, 5.74) is 9.71. The highest BCUT2D eigenvalue weighted by Gasteiger charge is 2.24. The van der Waals surface area contributed by atoms with Gasteiger partial charge >= 0.3 is 0 Å². The number of carbonyl (C=O) groups excluding carboxylic acids is 1. The number of hydrogen-bond acceptors (Lipinski definition) is 4. The van der Waals surface area contributed by atoms with Crippen molar-refractivity contribution in [2.75, 3.05) is 12.3 Å². The molecular formula is C18H22N4O. The molecule has 1 aliphatic rings. The van der Waals surface area contributed by atoms with Crippen molar-refractivity contribution in [1.29, 1.82) is 0 Å². The van der Waals surface area contributed by atoms with Crippen molar-refractivity contribution in [1.82, 2.24) is 14.9 Å². The number of hydrogen-bond donors (Lipinski definition) is 1. The number of anilines is 1. The number of nitrogen functional groups attached to an aromatic ring is 1. The summed E-state index contributed by atoms with van der Waals surface area (Å²) in [5.74, 6) is 0.560. The summed E-state index contributed by atoms with van der Waals surface area (Å²) in [6, 6.07) is 7.89. The third-order valence-electron chi connectivity index (χ3n) is 4.33. The van der Waals surface area contributed by atoms with E-state index in [9.17, 15) is 4.79 Å². The molecule has 2 N–H and O–H groups in total. The zero-order valence-electron chi connectivity index (χ0n) is 13.8. The highest BCUT2D eigenvalue weighted by atomic mass is 16.2. The average molecular weight is 310 g/mol. The Bertz CT molecular complexity index is 732. The van der Waals surface area contributed by atoms with Crippen LogP contribution in [0.2, 0.25) is 0 Å². The maximum atomic E-state index is 12.7. The van der Waals surface area contributed by atoms with E-state index in [1.54, 1.807) is 0 Å². The number of amides is 1. The first kappa shape index (κ1) is 15.5. The number of aromatic nitrogens is 2. The van der Waals surface area contributed by atoms with Gasteiger partial charge in [-0.3, -0.25) is 4.79 Å². The molecule has 5 heteroatoms. The van der Waals surface area contributed by atoms with Gasteiger partial charge in [-0.15, -0.1) is 0 Å². The van der Waals surface area contributed by atoms with Crippen LogP contribution in [0.1, 0.15) is 48.0 Å². The largest absolute Gasteiger partial charge is 0.383 e. The van der Waals surface area contributed by atoms with Gasteiger partial charge in [0.15, 0.2) is 0 Å². The van der Waals surface area contributed by atoms with E-state index >= 15 is 0 Å². The molecule has 0 atom stereocenters. The molecule has 3 rings (SSSR count). The Labute approximate surface area is 136 Å². The van der Waals surface area contributed by atoms with Crippen LogP contribution in [-0.2, 0) is 18.4 Å². The first-order valence-electron chi connectivity index (χ1n) is 7.84. The van der Waals surface area contributed by atoms with Crippen LogP contribution in [0.3, 0.4) is 0 Å². The van der Waals surface area contributed by atoms with Crippen LogP contribution >= 0.6 is 0 Å². The Balaban J connectivity index is 1.79. The summed E-state index contributed by atoms with van der Waals surface area (Å²) < 4.78 is 0. The minimum atomic E-state index is 0.0355. The number of benzene rings is 1. The molecule has 0 spiro atoms. The molecule has 0 aliphatic carbocycles. The lowest BCUT2D eigenvalue weighted by molar-refractivity contribution is 0.0732. The minimum absolute atomic E-state index is 0.0355. The molecule has 1 aromatic heterocycles. The second-order valence-electron chi connectivity index (χ2n) is 6.99. The number of carbonyl (C=O) groups is 1. The SMILES string of the molecule is CC(C)(C)c1ccc(C(=O)N2CCc3c(N)ncnc3C2)cc1. The van der Waals surface area contributed by atoms with Crippen molar-refractivity contribution in [2.45, 2.75) is 39.2 Å². The van der Waals surface area contributed by atoms with Crippen molar-refractivity contribution in [3.8, 4) is 0 Å². The minimum Gasteiger partial charge on any atom is -0.383 e. The number of nitrogens with two attached hydrogens (primary N) is 1. The monoisotopic (exact) mass is 310 g/mol. The summed E-state index contributed by atoms with van der Waals surface area (Å²) >= 11 is 0. The van der Waals surface area contributed by atoms with Gasteiger partial charge in [0.2, 0.25) is 0 Å². The second kappa shape index (κ2) is 5.65. The fraction of sp³-hybridized carbons (Fsp3) is 0.389. The van der Waals surface area contributed by atoms with E-state index in [0.29, 0.717) is 30.9 Å². The maximum absolute atomic E-state index is 12.7. The highest BCUT2D eigenvalue weighted by molar-refractivity contribution is 5.94. The van der Waals surface area contributed by atoms with Gasteiger partial charge in [-0.05, 0) is 29.5 Å². The molecule has 0 saturated heterocycles. The van der Waals surface area contributed by atoms with Crippen molar-refractivity contribution >= 4 is 11.7 Å². The summed E-state index contributed by atoms with van der Waals surface area (Å²) in [6.45, 7) is 7.62. The first-order chi connectivity index (χ1) is 10.9. The smallest absolute Gasteiger partial charge is 0.254 e. The summed E-state index contributed by atoms with van der Waals surface area (Å²) in [4.78, 5) is 22.8. The molecule has 1 amide bonds. The van der Waals surface area contributed by atoms with Crippen LogP contribution in [0.5, 0.6) is 0 Å². The van der Waals surface area contributed by atoms with Gasteiger partial charge in [0.05, 0.1) is 12.2 Å². The maximum Gasteiger partial charge on any atom is 0.254 e. The van der Waals surface area contributed by atoms with Gasteiger partial charge in [0.1, 0.15) is 12.1 Å². The lowest BCUT2D eigenvalue weighted by Gasteiger charge is -2.28. The average Bonchev–Trinajstić information content (AvgIpc) is 2.53. The zero-order chi connectivity index (χ0) is 16.6.